The van der Waals surface area contributed by atoms with Crippen LogP contribution in [0.15, 0.2) is 55.1 Å². The number of ether oxygens (including phenoxy) is 1. The van der Waals surface area contributed by atoms with Gasteiger partial charge in [-0.15, -0.1) is 5.10 Å². The van der Waals surface area contributed by atoms with Crippen LogP contribution in [0.2, 0.25) is 0 Å². The molecule has 0 atom stereocenters. The summed E-state index contributed by atoms with van der Waals surface area (Å²) in [5.74, 6) is 1.66. The Kier molecular flexibility index (Phi) is 4.22. The summed E-state index contributed by atoms with van der Waals surface area (Å²) >= 11 is 0. The van der Waals surface area contributed by atoms with Crippen LogP contribution in [0, 0.1) is 0 Å². The maximum Gasteiger partial charge on any atom is 0.223 e. The highest BCUT2D eigenvalue weighted by Crippen LogP contribution is 2.30. The minimum Gasteiger partial charge on any atom is -0.494 e. The summed E-state index contributed by atoms with van der Waals surface area (Å²) in [6.07, 6.45) is 5.21. The van der Waals surface area contributed by atoms with E-state index in [2.05, 4.69) is 43.1 Å². The van der Waals surface area contributed by atoms with Crippen molar-refractivity contribution in [1.82, 2.24) is 34.4 Å². The van der Waals surface area contributed by atoms with Crippen LogP contribution in [0.5, 0.6) is 5.75 Å². The van der Waals surface area contributed by atoms with Crippen molar-refractivity contribution < 1.29 is 4.74 Å². The highest BCUT2D eigenvalue weighted by atomic mass is 16.5. The van der Waals surface area contributed by atoms with Crippen LogP contribution in [0.4, 0.5) is 5.95 Å². The largest absolute Gasteiger partial charge is 0.494 e. The number of nitrogens with two attached hydrogens (primary N) is 1. The van der Waals surface area contributed by atoms with Gasteiger partial charge in [-0.05, 0) is 34.9 Å². The summed E-state index contributed by atoms with van der Waals surface area (Å²) in [6, 6.07) is 12.2. The molecule has 32 heavy (non-hydrogen) atoms. The number of hydrogen-bond acceptors (Lipinski definition) is 8. The zero-order valence-corrected chi connectivity index (χ0v) is 17.4. The molecule has 4 heterocycles. The fraction of sp³-hybridized carbons (Fsp3) is 0.174. The molecule has 1 aliphatic heterocycles. The molecule has 0 spiro atoms. The number of nitrogens with zero attached hydrogens (tertiary/aromatic N) is 7. The molecular weight excluding hydrogens is 404 g/mol. The number of aromatic nitrogens is 6. The summed E-state index contributed by atoms with van der Waals surface area (Å²) in [4.78, 5) is 19.8. The van der Waals surface area contributed by atoms with E-state index in [4.69, 9.17) is 15.5 Å². The van der Waals surface area contributed by atoms with Crippen molar-refractivity contribution >= 4 is 22.5 Å². The molecular formula is C23H20N8O. The Morgan fingerprint density at radius 2 is 1.84 bits per heavy atom. The molecule has 0 unspecified atom stereocenters. The van der Waals surface area contributed by atoms with E-state index in [-0.39, 0.29) is 5.95 Å². The molecule has 3 aromatic heterocycles. The maximum atomic E-state index is 6.18. The van der Waals surface area contributed by atoms with Gasteiger partial charge < -0.3 is 10.5 Å². The van der Waals surface area contributed by atoms with Crippen molar-refractivity contribution in [2.24, 2.45) is 0 Å². The molecule has 9 nitrogen and oxygen atoms in total. The summed E-state index contributed by atoms with van der Waals surface area (Å²) in [6.45, 7) is 2.29. The lowest BCUT2D eigenvalue weighted by atomic mass is 10.0. The third-order valence-corrected chi connectivity index (χ3v) is 5.81. The first-order chi connectivity index (χ1) is 15.7. The minimum absolute atomic E-state index is 0.287. The van der Waals surface area contributed by atoms with Crippen molar-refractivity contribution in [3.8, 4) is 16.9 Å². The Morgan fingerprint density at radius 1 is 1.00 bits per heavy atom. The number of rotatable bonds is 4. The first-order valence-corrected chi connectivity index (χ1v) is 10.3. The molecule has 0 radical (unpaired) electrons. The van der Waals surface area contributed by atoms with Gasteiger partial charge in [0.25, 0.3) is 0 Å². The van der Waals surface area contributed by atoms with Gasteiger partial charge in [0.1, 0.15) is 17.6 Å². The van der Waals surface area contributed by atoms with Gasteiger partial charge >= 0.3 is 0 Å². The SMILES string of the molecule is COc1cccc2c1nc(N)n1nc(CN3Cc4ccc(-c5cncnc5)cc4C3)nc21. The van der Waals surface area contributed by atoms with Crippen LogP contribution < -0.4 is 10.5 Å². The molecule has 2 N–H and O–H groups in total. The van der Waals surface area contributed by atoms with Crippen LogP contribution in [0.25, 0.3) is 27.7 Å². The molecule has 0 amide bonds. The van der Waals surface area contributed by atoms with Crippen LogP contribution >= 0.6 is 0 Å². The van der Waals surface area contributed by atoms with Gasteiger partial charge in [-0.25, -0.2) is 19.9 Å². The van der Waals surface area contributed by atoms with Gasteiger partial charge in [0, 0.05) is 36.4 Å². The Morgan fingerprint density at radius 3 is 2.69 bits per heavy atom. The van der Waals surface area contributed by atoms with Gasteiger partial charge in [0.05, 0.1) is 13.7 Å². The predicted molar refractivity (Wildman–Crippen MR) is 120 cm³/mol. The molecule has 0 fully saturated rings. The van der Waals surface area contributed by atoms with Crippen molar-refractivity contribution in [2.45, 2.75) is 19.6 Å². The van der Waals surface area contributed by atoms with E-state index in [0.29, 0.717) is 29.3 Å². The predicted octanol–water partition coefficient (Wildman–Crippen LogP) is 2.84. The molecule has 0 aliphatic carbocycles. The van der Waals surface area contributed by atoms with E-state index in [9.17, 15) is 0 Å². The molecule has 0 saturated heterocycles. The van der Waals surface area contributed by atoms with E-state index < -0.39 is 0 Å². The highest BCUT2D eigenvalue weighted by Gasteiger charge is 2.22. The zero-order chi connectivity index (χ0) is 21.7. The van der Waals surface area contributed by atoms with Gasteiger partial charge in [-0.3, -0.25) is 4.90 Å². The zero-order valence-electron chi connectivity index (χ0n) is 17.4. The normalized spacial score (nSPS) is 13.7. The lowest BCUT2D eigenvalue weighted by Gasteiger charge is -2.11. The van der Waals surface area contributed by atoms with E-state index >= 15 is 0 Å². The monoisotopic (exact) mass is 424 g/mol. The number of hydrogen-bond donors (Lipinski definition) is 1. The summed E-state index contributed by atoms with van der Waals surface area (Å²) < 4.78 is 7.04. The summed E-state index contributed by atoms with van der Waals surface area (Å²) in [7, 11) is 1.62. The van der Waals surface area contributed by atoms with E-state index in [1.165, 1.54) is 11.1 Å². The number of methoxy groups -OCH3 is 1. The third kappa shape index (κ3) is 3.02. The molecule has 9 heteroatoms. The fourth-order valence-electron chi connectivity index (χ4n) is 4.31. The Hall–Kier alpha value is -4.11. The lowest BCUT2D eigenvalue weighted by molar-refractivity contribution is 0.268. The Labute approximate surface area is 183 Å². The number of anilines is 1. The standard InChI is InChI=1S/C23H20N8O/c1-32-19-4-2-3-18-21(19)28-23(24)31-22(18)27-20(29-31)12-30-10-15-6-5-14(7-16(15)11-30)17-8-25-13-26-9-17/h2-9,13H,10-12H2,1H3,(H2,24,28). The van der Waals surface area contributed by atoms with E-state index in [1.54, 1.807) is 18.0 Å². The highest BCUT2D eigenvalue weighted by molar-refractivity contribution is 5.95. The summed E-state index contributed by atoms with van der Waals surface area (Å²) in [5, 5.41) is 5.49. The van der Waals surface area contributed by atoms with E-state index in [1.807, 2.05) is 30.6 Å². The molecule has 2 aromatic carbocycles. The third-order valence-electron chi connectivity index (χ3n) is 5.81. The molecule has 1 aliphatic rings. The second-order valence-electron chi connectivity index (χ2n) is 7.85. The average Bonchev–Trinajstić information content (AvgIpc) is 3.43. The molecule has 0 saturated carbocycles. The average molecular weight is 424 g/mol. The Balaban J connectivity index is 1.30. The van der Waals surface area contributed by atoms with Crippen LogP contribution in [0.3, 0.4) is 0 Å². The summed E-state index contributed by atoms with van der Waals surface area (Å²) in [5.41, 5.74) is 12.3. The van der Waals surface area contributed by atoms with Crippen molar-refractivity contribution in [1.29, 1.82) is 0 Å². The van der Waals surface area contributed by atoms with Crippen molar-refractivity contribution in [2.75, 3.05) is 12.8 Å². The van der Waals surface area contributed by atoms with Gasteiger partial charge in [0.2, 0.25) is 5.95 Å². The molecule has 0 bridgehead atoms. The first-order valence-electron chi connectivity index (χ1n) is 10.3. The van der Waals surface area contributed by atoms with Gasteiger partial charge in [0.15, 0.2) is 11.5 Å². The number of fused-ring (bicyclic) bond motifs is 4. The smallest absolute Gasteiger partial charge is 0.223 e. The van der Waals surface area contributed by atoms with Crippen LogP contribution in [0.1, 0.15) is 17.0 Å². The van der Waals surface area contributed by atoms with Gasteiger partial charge in [-0.1, -0.05) is 18.2 Å². The quantitative estimate of drug-likeness (QED) is 0.469. The van der Waals surface area contributed by atoms with E-state index in [0.717, 1.165) is 29.6 Å². The molecule has 5 aromatic rings. The fourth-order valence-corrected chi connectivity index (χ4v) is 4.31. The number of nitrogen functional groups attached to an aromatic ring is 1. The van der Waals surface area contributed by atoms with Crippen molar-refractivity contribution in [3.05, 3.63) is 72.1 Å². The Bertz CT molecular complexity index is 1460. The van der Waals surface area contributed by atoms with Gasteiger partial charge in [-0.2, -0.15) is 4.52 Å². The number of benzene rings is 2. The topological polar surface area (TPSA) is 107 Å². The maximum absolute atomic E-state index is 6.18. The number of para-hydroxylation sites is 1. The van der Waals surface area contributed by atoms with Crippen LogP contribution in [-0.2, 0) is 19.6 Å². The van der Waals surface area contributed by atoms with Crippen molar-refractivity contribution in [3.63, 3.8) is 0 Å². The minimum atomic E-state index is 0.287. The molecule has 6 rings (SSSR count). The second kappa shape index (κ2) is 7.24. The second-order valence-corrected chi connectivity index (χ2v) is 7.85. The van der Waals surface area contributed by atoms with Crippen LogP contribution in [-0.4, -0.2) is 41.6 Å². The molecule has 158 valence electrons. The first kappa shape index (κ1) is 18.6. The lowest BCUT2D eigenvalue weighted by Crippen LogP contribution is -2.16.